The summed E-state index contributed by atoms with van der Waals surface area (Å²) in [5, 5.41) is 0. The molecule has 2 aromatic carbocycles. The molecule has 0 aliphatic carbocycles. The Balaban J connectivity index is 1.53. The fraction of sp³-hybridized carbons (Fsp3) is 0.190. The number of hydrogen-bond donors (Lipinski definition) is 1. The Hall–Kier alpha value is -3.61. The highest BCUT2D eigenvalue weighted by atomic mass is 16.5. The molecule has 1 aliphatic rings. The summed E-state index contributed by atoms with van der Waals surface area (Å²) in [6.45, 7) is 0.833. The van der Waals surface area contributed by atoms with E-state index in [0.29, 0.717) is 35.9 Å². The number of ether oxygens (including phenoxy) is 1. The number of nitrogens with one attached hydrogen (secondary N) is 1. The molecule has 7 heteroatoms. The molecule has 3 aromatic rings. The summed E-state index contributed by atoms with van der Waals surface area (Å²) in [5.74, 6) is 0.254. The van der Waals surface area contributed by atoms with Crippen molar-refractivity contribution in [2.24, 2.45) is 0 Å². The number of rotatable bonds is 4. The number of benzene rings is 2. The van der Waals surface area contributed by atoms with Crippen molar-refractivity contribution in [3.8, 4) is 17.0 Å². The molecule has 0 saturated carbocycles. The van der Waals surface area contributed by atoms with E-state index in [1.54, 1.807) is 16.9 Å². The lowest BCUT2D eigenvalue weighted by molar-refractivity contribution is -0.120. The van der Waals surface area contributed by atoms with Crippen LogP contribution in [0.5, 0.6) is 5.75 Å². The lowest BCUT2D eigenvalue weighted by Crippen LogP contribution is -2.52. The van der Waals surface area contributed by atoms with Gasteiger partial charge in [0.25, 0.3) is 5.91 Å². The predicted octanol–water partition coefficient (Wildman–Crippen LogP) is 2.57. The first-order valence-corrected chi connectivity index (χ1v) is 9.00. The Kier molecular flexibility index (Phi) is 4.80. The summed E-state index contributed by atoms with van der Waals surface area (Å²) in [4.78, 5) is 36.2. The monoisotopic (exact) mass is 376 g/mol. The summed E-state index contributed by atoms with van der Waals surface area (Å²) in [6.07, 6.45) is 1.50. The Morgan fingerprint density at radius 1 is 1.07 bits per heavy atom. The minimum absolute atomic E-state index is 0.00410. The average Bonchev–Trinajstić information content (AvgIpc) is 3.23. The Bertz CT molecular complexity index is 1000. The number of anilines is 1. The van der Waals surface area contributed by atoms with E-state index in [1.807, 2.05) is 54.6 Å². The van der Waals surface area contributed by atoms with Crippen molar-refractivity contribution in [2.75, 3.05) is 31.6 Å². The van der Waals surface area contributed by atoms with Gasteiger partial charge in [-0.2, -0.15) is 0 Å². The maximum absolute atomic E-state index is 13.0. The van der Waals surface area contributed by atoms with Crippen LogP contribution in [-0.2, 0) is 4.79 Å². The molecular formula is C21H20N4O3. The summed E-state index contributed by atoms with van der Waals surface area (Å²) in [5.41, 5.74) is 2.55. The molecule has 0 bridgehead atoms. The molecule has 1 saturated heterocycles. The van der Waals surface area contributed by atoms with Gasteiger partial charge in [-0.1, -0.05) is 42.5 Å². The van der Waals surface area contributed by atoms with E-state index in [9.17, 15) is 9.59 Å². The molecular weight excluding hydrogens is 356 g/mol. The third-order valence-electron chi connectivity index (χ3n) is 4.78. The number of amides is 2. The fourth-order valence-corrected chi connectivity index (χ4v) is 3.38. The highest BCUT2D eigenvalue weighted by Gasteiger charge is 2.31. The van der Waals surface area contributed by atoms with Gasteiger partial charge in [-0.15, -0.1) is 0 Å². The van der Waals surface area contributed by atoms with Crippen LogP contribution in [0.1, 0.15) is 10.5 Å². The van der Waals surface area contributed by atoms with E-state index in [-0.39, 0.29) is 18.4 Å². The number of carbonyl (C=O) groups excluding carboxylic acids is 2. The van der Waals surface area contributed by atoms with Gasteiger partial charge in [-0.05, 0) is 12.1 Å². The summed E-state index contributed by atoms with van der Waals surface area (Å²) >= 11 is 0. The van der Waals surface area contributed by atoms with Crippen LogP contribution in [0.4, 0.5) is 5.69 Å². The zero-order valence-electron chi connectivity index (χ0n) is 15.5. The van der Waals surface area contributed by atoms with Crippen LogP contribution in [0.25, 0.3) is 11.3 Å². The molecule has 1 N–H and O–H groups in total. The van der Waals surface area contributed by atoms with Crippen molar-refractivity contribution in [3.63, 3.8) is 0 Å². The molecule has 0 unspecified atom stereocenters. The number of aromatic nitrogens is 2. The molecule has 142 valence electrons. The van der Waals surface area contributed by atoms with Gasteiger partial charge in [0.1, 0.15) is 23.7 Å². The first-order valence-electron chi connectivity index (χ1n) is 9.00. The topological polar surface area (TPSA) is 78.5 Å². The van der Waals surface area contributed by atoms with Crippen LogP contribution in [0.2, 0.25) is 0 Å². The molecule has 2 amide bonds. The second kappa shape index (κ2) is 7.56. The number of methoxy groups -OCH3 is 1. The van der Waals surface area contributed by atoms with E-state index in [0.717, 1.165) is 5.56 Å². The number of para-hydroxylation sites is 2. The van der Waals surface area contributed by atoms with Crippen LogP contribution in [0.3, 0.4) is 0 Å². The lowest BCUT2D eigenvalue weighted by atomic mass is 10.1. The third-order valence-corrected chi connectivity index (χ3v) is 4.78. The van der Waals surface area contributed by atoms with E-state index in [2.05, 4.69) is 9.97 Å². The number of nitrogens with zero attached hydrogens (tertiary/aromatic N) is 3. The maximum atomic E-state index is 13.0. The Morgan fingerprint density at radius 3 is 2.57 bits per heavy atom. The van der Waals surface area contributed by atoms with E-state index in [4.69, 9.17) is 4.74 Å². The smallest absolute Gasteiger partial charge is 0.273 e. The van der Waals surface area contributed by atoms with Crippen molar-refractivity contribution in [2.45, 2.75) is 0 Å². The van der Waals surface area contributed by atoms with E-state index in [1.165, 1.54) is 6.33 Å². The molecule has 1 fully saturated rings. The van der Waals surface area contributed by atoms with Crippen LogP contribution in [-0.4, -0.2) is 53.4 Å². The number of piperazine rings is 1. The van der Waals surface area contributed by atoms with Crippen molar-refractivity contribution in [1.82, 2.24) is 14.9 Å². The molecule has 0 radical (unpaired) electrons. The summed E-state index contributed by atoms with van der Waals surface area (Å²) in [7, 11) is 1.58. The Morgan fingerprint density at radius 2 is 1.82 bits per heavy atom. The van der Waals surface area contributed by atoms with Gasteiger partial charge in [0.15, 0.2) is 0 Å². The number of carbonyl (C=O) groups is 2. The van der Waals surface area contributed by atoms with Crippen LogP contribution < -0.4 is 9.64 Å². The van der Waals surface area contributed by atoms with Gasteiger partial charge in [0.05, 0.1) is 19.1 Å². The molecule has 28 heavy (non-hydrogen) atoms. The molecule has 7 nitrogen and oxygen atoms in total. The maximum Gasteiger partial charge on any atom is 0.273 e. The van der Waals surface area contributed by atoms with Gasteiger partial charge in [-0.25, -0.2) is 4.98 Å². The summed E-state index contributed by atoms with van der Waals surface area (Å²) in [6, 6.07) is 16.9. The first-order chi connectivity index (χ1) is 13.7. The van der Waals surface area contributed by atoms with Gasteiger partial charge in [0, 0.05) is 18.7 Å². The first kappa shape index (κ1) is 17.8. The fourth-order valence-electron chi connectivity index (χ4n) is 3.38. The third kappa shape index (κ3) is 3.22. The zero-order valence-corrected chi connectivity index (χ0v) is 15.5. The average molecular weight is 376 g/mol. The predicted molar refractivity (Wildman–Crippen MR) is 105 cm³/mol. The second-order valence-electron chi connectivity index (χ2n) is 6.44. The summed E-state index contributed by atoms with van der Waals surface area (Å²) < 4.78 is 5.36. The van der Waals surface area contributed by atoms with Crippen molar-refractivity contribution in [3.05, 3.63) is 66.6 Å². The molecule has 0 spiro atoms. The standard InChI is InChI=1S/C21H20N4O3/c1-28-17-10-6-5-9-16(17)25-12-11-24(13-18(25)26)21(27)20-19(22-14-23-20)15-7-3-2-4-8-15/h2-10,14H,11-13H2,1H3,(H,22,23). The number of H-pyrrole nitrogens is 1. The quantitative estimate of drug-likeness (QED) is 0.759. The molecule has 1 aliphatic heterocycles. The van der Waals surface area contributed by atoms with Crippen LogP contribution >= 0.6 is 0 Å². The molecule has 4 rings (SSSR count). The van der Waals surface area contributed by atoms with Crippen LogP contribution in [0, 0.1) is 0 Å². The van der Waals surface area contributed by atoms with E-state index >= 15 is 0 Å². The van der Waals surface area contributed by atoms with Gasteiger partial charge >= 0.3 is 0 Å². The van der Waals surface area contributed by atoms with Crippen molar-refractivity contribution >= 4 is 17.5 Å². The molecule has 1 aromatic heterocycles. The largest absolute Gasteiger partial charge is 0.495 e. The highest BCUT2D eigenvalue weighted by molar-refractivity contribution is 6.03. The minimum atomic E-state index is -0.232. The van der Waals surface area contributed by atoms with Crippen LogP contribution in [0.15, 0.2) is 60.9 Å². The number of aromatic amines is 1. The molecule has 2 heterocycles. The highest BCUT2D eigenvalue weighted by Crippen LogP contribution is 2.29. The van der Waals surface area contributed by atoms with Gasteiger partial charge < -0.3 is 19.5 Å². The van der Waals surface area contributed by atoms with Crippen molar-refractivity contribution < 1.29 is 14.3 Å². The number of imidazole rings is 1. The van der Waals surface area contributed by atoms with E-state index < -0.39 is 0 Å². The zero-order chi connectivity index (χ0) is 19.5. The number of hydrogen-bond acceptors (Lipinski definition) is 4. The normalized spacial score (nSPS) is 14.2. The second-order valence-corrected chi connectivity index (χ2v) is 6.44. The minimum Gasteiger partial charge on any atom is -0.495 e. The van der Waals surface area contributed by atoms with Gasteiger partial charge in [0.2, 0.25) is 5.91 Å². The molecule has 0 atom stereocenters. The van der Waals surface area contributed by atoms with Crippen molar-refractivity contribution in [1.29, 1.82) is 0 Å². The lowest BCUT2D eigenvalue weighted by Gasteiger charge is -2.34. The Labute approximate surface area is 162 Å². The van der Waals surface area contributed by atoms with Gasteiger partial charge in [-0.3, -0.25) is 9.59 Å². The SMILES string of the molecule is COc1ccccc1N1CCN(C(=O)c2[nH]cnc2-c2ccccc2)CC1=O.